The molecule has 18 heavy (non-hydrogen) atoms. The van der Waals surface area contributed by atoms with E-state index in [1.165, 1.54) is 6.42 Å². The zero-order valence-corrected chi connectivity index (χ0v) is 12.0. The maximum Gasteiger partial charge on any atom is 0.234 e. The van der Waals surface area contributed by atoms with Gasteiger partial charge in [0.15, 0.2) is 0 Å². The van der Waals surface area contributed by atoms with Gasteiger partial charge < -0.3 is 15.7 Å². The minimum atomic E-state index is -0.246. The SMILES string of the molecule is CCC(C)NC(=O)CNC1(CO)CCCC(C)C1. The van der Waals surface area contributed by atoms with Crippen molar-refractivity contribution >= 4 is 5.91 Å². The molecule has 1 fully saturated rings. The fourth-order valence-electron chi connectivity index (χ4n) is 2.72. The molecule has 1 aliphatic rings. The van der Waals surface area contributed by atoms with Gasteiger partial charge in [0.25, 0.3) is 0 Å². The molecule has 0 spiro atoms. The molecule has 0 bridgehead atoms. The zero-order valence-electron chi connectivity index (χ0n) is 12.0. The topological polar surface area (TPSA) is 61.4 Å². The quantitative estimate of drug-likeness (QED) is 0.674. The molecule has 4 heteroatoms. The summed E-state index contributed by atoms with van der Waals surface area (Å²) >= 11 is 0. The van der Waals surface area contributed by atoms with E-state index < -0.39 is 0 Å². The molecule has 3 unspecified atom stereocenters. The number of rotatable bonds is 6. The Morgan fingerprint density at radius 3 is 2.83 bits per heavy atom. The largest absolute Gasteiger partial charge is 0.394 e. The van der Waals surface area contributed by atoms with E-state index in [0.717, 1.165) is 25.7 Å². The third kappa shape index (κ3) is 4.58. The van der Waals surface area contributed by atoms with Crippen molar-refractivity contribution in [1.29, 1.82) is 0 Å². The van der Waals surface area contributed by atoms with Crippen LogP contribution in [0, 0.1) is 5.92 Å². The van der Waals surface area contributed by atoms with Crippen LogP contribution < -0.4 is 10.6 Å². The molecular formula is C14H28N2O2. The zero-order chi connectivity index (χ0) is 13.6. The maximum absolute atomic E-state index is 11.7. The molecule has 0 aliphatic heterocycles. The number of aliphatic hydroxyl groups is 1. The third-order valence-corrected chi connectivity index (χ3v) is 4.04. The number of aliphatic hydroxyl groups excluding tert-OH is 1. The second-order valence-electron chi connectivity index (χ2n) is 5.87. The number of carbonyl (C=O) groups excluding carboxylic acids is 1. The Morgan fingerprint density at radius 2 is 2.28 bits per heavy atom. The van der Waals surface area contributed by atoms with Crippen molar-refractivity contribution < 1.29 is 9.90 Å². The van der Waals surface area contributed by atoms with Crippen molar-refractivity contribution in [1.82, 2.24) is 10.6 Å². The number of carbonyl (C=O) groups is 1. The Morgan fingerprint density at radius 1 is 1.56 bits per heavy atom. The van der Waals surface area contributed by atoms with Crippen LogP contribution in [0.4, 0.5) is 0 Å². The van der Waals surface area contributed by atoms with E-state index in [1.54, 1.807) is 0 Å². The predicted molar refractivity (Wildman–Crippen MR) is 73.3 cm³/mol. The van der Waals surface area contributed by atoms with Gasteiger partial charge in [0.05, 0.1) is 13.2 Å². The molecule has 0 radical (unpaired) electrons. The minimum Gasteiger partial charge on any atom is -0.394 e. The Bertz CT molecular complexity index is 271. The van der Waals surface area contributed by atoms with Crippen LogP contribution in [0.2, 0.25) is 0 Å². The monoisotopic (exact) mass is 256 g/mol. The van der Waals surface area contributed by atoms with Gasteiger partial charge in [-0.3, -0.25) is 4.79 Å². The van der Waals surface area contributed by atoms with Gasteiger partial charge in [-0.2, -0.15) is 0 Å². The third-order valence-electron chi connectivity index (χ3n) is 4.04. The lowest BCUT2D eigenvalue weighted by molar-refractivity contribution is -0.121. The van der Waals surface area contributed by atoms with Crippen LogP contribution in [0.3, 0.4) is 0 Å². The molecule has 106 valence electrons. The molecule has 0 saturated heterocycles. The first-order valence-electron chi connectivity index (χ1n) is 7.16. The molecule has 0 aromatic carbocycles. The molecule has 1 rings (SSSR count). The molecule has 0 heterocycles. The van der Waals surface area contributed by atoms with Gasteiger partial charge in [-0.1, -0.05) is 26.7 Å². The van der Waals surface area contributed by atoms with Crippen LogP contribution in [0.5, 0.6) is 0 Å². The fraction of sp³-hybridized carbons (Fsp3) is 0.929. The molecule has 3 atom stereocenters. The van der Waals surface area contributed by atoms with E-state index in [4.69, 9.17) is 0 Å². The van der Waals surface area contributed by atoms with Crippen LogP contribution in [0.1, 0.15) is 52.9 Å². The molecule has 1 amide bonds. The van der Waals surface area contributed by atoms with Crippen molar-refractivity contribution in [2.24, 2.45) is 5.92 Å². The van der Waals surface area contributed by atoms with Gasteiger partial charge in [-0.25, -0.2) is 0 Å². The first-order valence-corrected chi connectivity index (χ1v) is 7.16. The molecule has 0 aromatic heterocycles. The molecule has 3 N–H and O–H groups in total. The van der Waals surface area contributed by atoms with Crippen molar-refractivity contribution in [3.8, 4) is 0 Å². The average molecular weight is 256 g/mol. The molecule has 0 aromatic rings. The summed E-state index contributed by atoms with van der Waals surface area (Å²) < 4.78 is 0. The molecule has 1 saturated carbocycles. The predicted octanol–water partition coefficient (Wildman–Crippen LogP) is 1.43. The summed E-state index contributed by atoms with van der Waals surface area (Å²) in [6.45, 7) is 6.69. The highest BCUT2D eigenvalue weighted by atomic mass is 16.3. The lowest BCUT2D eigenvalue weighted by Gasteiger charge is -2.39. The van der Waals surface area contributed by atoms with Crippen LogP contribution >= 0.6 is 0 Å². The summed E-state index contributed by atoms with van der Waals surface area (Å²) in [5.41, 5.74) is -0.246. The van der Waals surface area contributed by atoms with E-state index in [0.29, 0.717) is 12.5 Å². The highest BCUT2D eigenvalue weighted by molar-refractivity contribution is 5.78. The van der Waals surface area contributed by atoms with E-state index in [2.05, 4.69) is 24.5 Å². The van der Waals surface area contributed by atoms with Crippen molar-refractivity contribution in [2.45, 2.75) is 64.5 Å². The van der Waals surface area contributed by atoms with Crippen molar-refractivity contribution in [2.75, 3.05) is 13.2 Å². The van der Waals surface area contributed by atoms with Crippen LogP contribution in [-0.4, -0.2) is 35.7 Å². The smallest absolute Gasteiger partial charge is 0.234 e. The second-order valence-corrected chi connectivity index (χ2v) is 5.87. The van der Waals surface area contributed by atoms with Crippen molar-refractivity contribution in [3.63, 3.8) is 0 Å². The highest BCUT2D eigenvalue weighted by Gasteiger charge is 2.34. The first-order chi connectivity index (χ1) is 8.51. The molecule has 4 nitrogen and oxygen atoms in total. The van der Waals surface area contributed by atoms with Gasteiger partial charge in [0, 0.05) is 11.6 Å². The number of nitrogens with one attached hydrogen (secondary N) is 2. The Labute approximate surface area is 111 Å². The summed E-state index contributed by atoms with van der Waals surface area (Å²) in [7, 11) is 0. The Hall–Kier alpha value is -0.610. The fourth-order valence-corrected chi connectivity index (χ4v) is 2.72. The number of hydrogen-bond acceptors (Lipinski definition) is 3. The maximum atomic E-state index is 11.7. The van der Waals surface area contributed by atoms with E-state index in [9.17, 15) is 9.90 Å². The number of amides is 1. The van der Waals surface area contributed by atoms with Crippen LogP contribution in [-0.2, 0) is 4.79 Å². The highest BCUT2D eigenvalue weighted by Crippen LogP contribution is 2.31. The van der Waals surface area contributed by atoms with E-state index in [-0.39, 0.29) is 24.1 Å². The first kappa shape index (κ1) is 15.4. The number of hydrogen-bond donors (Lipinski definition) is 3. The van der Waals surface area contributed by atoms with Crippen LogP contribution in [0.25, 0.3) is 0 Å². The summed E-state index contributed by atoms with van der Waals surface area (Å²) in [5.74, 6) is 0.645. The molecular weight excluding hydrogens is 228 g/mol. The van der Waals surface area contributed by atoms with Gasteiger partial charge in [-0.15, -0.1) is 0 Å². The summed E-state index contributed by atoms with van der Waals surface area (Å²) in [4.78, 5) is 11.7. The van der Waals surface area contributed by atoms with Gasteiger partial charge in [0.2, 0.25) is 5.91 Å². The van der Waals surface area contributed by atoms with Crippen LogP contribution in [0.15, 0.2) is 0 Å². The van der Waals surface area contributed by atoms with Crippen molar-refractivity contribution in [3.05, 3.63) is 0 Å². The minimum absolute atomic E-state index is 0.0235. The summed E-state index contributed by atoms with van der Waals surface area (Å²) in [6.07, 6.45) is 5.21. The lowest BCUT2D eigenvalue weighted by atomic mass is 9.77. The summed E-state index contributed by atoms with van der Waals surface area (Å²) in [6, 6.07) is 0.217. The lowest BCUT2D eigenvalue weighted by Crippen LogP contribution is -2.54. The van der Waals surface area contributed by atoms with E-state index >= 15 is 0 Å². The second kappa shape index (κ2) is 7.10. The molecule has 1 aliphatic carbocycles. The van der Waals surface area contributed by atoms with Gasteiger partial charge in [-0.05, 0) is 32.1 Å². The van der Waals surface area contributed by atoms with Gasteiger partial charge in [0.1, 0.15) is 0 Å². The van der Waals surface area contributed by atoms with E-state index in [1.807, 2.05) is 6.92 Å². The average Bonchev–Trinajstić information content (AvgIpc) is 2.36. The Kier molecular flexibility index (Phi) is 6.09. The Balaban J connectivity index is 2.41. The normalized spacial score (nSPS) is 29.9. The van der Waals surface area contributed by atoms with Gasteiger partial charge >= 0.3 is 0 Å². The standard InChI is InChI=1S/C14H28N2O2/c1-4-12(3)16-13(18)9-15-14(10-17)7-5-6-11(2)8-14/h11-12,15,17H,4-10H2,1-3H3,(H,16,18). The summed E-state index contributed by atoms with van der Waals surface area (Å²) in [5, 5.41) is 15.8.